The molecule has 6 aliphatic rings. The highest BCUT2D eigenvalue weighted by atomic mass is 16.3. The summed E-state index contributed by atoms with van der Waals surface area (Å²) in [7, 11) is 9.59. The van der Waals surface area contributed by atoms with Crippen molar-refractivity contribution in [3.8, 4) is 0 Å². The third kappa shape index (κ3) is 22.0. The zero-order valence-corrected chi connectivity index (χ0v) is 57.2. The van der Waals surface area contributed by atoms with Gasteiger partial charge in [0, 0.05) is 36.6 Å². The Kier molecular flexibility index (Phi) is 37.7. The topological polar surface area (TPSA) is 289 Å². The Hall–Kier alpha value is -3.09. The van der Waals surface area contributed by atoms with Crippen LogP contribution in [-0.4, -0.2) is 253 Å². The van der Waals surface area contributed by atoms with Crippen LogP contribution in [-0.2, 0) is 33.6 Å². The summed E-state index contributed by atoms with van der Waals surface area (Å²) in [6, 6.07) is -0.0543. The van der Waals surface area contributed by atoms with Crippen molar-refractivity contribution >= 4 is 40.5 Å². The molecule has 6 fully saturated rings. The van der Waals surface area contributed by atoms with Gasteiger partial charge in [0.05, 0.1) is 86.5 Å². The lowest BCUT2D eigenvalue weighted by Gasteiger charge is -2.30. The van der Waals surface area contributed by atoms with Crippen LogP contribution in [0.1, 0.15) is 187 Å². The molecule has 6 rings (SSSR count). The number of likely N-dealkylation sites (N-methyl/N-ethyl adjacent to an activating group) is 5. The maximum atomic E-state index is 11.8. The number of carbonyl (C=O) groups is 7. The van der Waals surface area contributed by atoms with Gasteiger partial charge in [0.25, 0.3) is 0 Å². The monoisotopic (exact) mass is 1240 g/mol. The molecule has 8 N–H and O–H groups in total. The molecule has 0 saturated carbocycles. The van der Waals surface area contributed by atoms with Crippen molar-refractivity contribution in [3.63, 3.8) is 0 Å². The summed E-state index contributed by atoms with van der Waals surface area (Å²) in [5.41, 5.74) is 0. The van der Waals surface area contributed by atoms with Crippen molar-refractivity contribution in [2.75, 3.05) is 55.1 Å². The minimum atomic E-state index is -0.760. The van der Waals surface area contributed by atoms with Gasteiger partial charge in [-0.15, -0.1) is 6.58 Å². The van der Waals surface area contributed by atoms with Crippen LogP contribution in [0.5, 0.6) is 0 Å². The fourth-order valence-electron chi connectivity index (χ4n) is 15.3. The van der Waals surface area contributed by atoms with E-state index in [-0.39, 0.29) is 139 Å². The Bertz CT molecular complexity index is 2000. The fourth-order valence-corrected chi connectivity index (χ4v) is 15.3. The number of hydrogen-bond acceptors (Lipinski definition) is 20. The Morgan fingerprint density at radius 2 is 0.736 bits per heavy atom. The van der Waals surface area contributed by atoms with E-state index in [1.165, 1.54) is 0 Å². The van der Waals surface area contributed by atoms with Crippen LogP contribution in [0.2, 0.25) is 0 Å². The van der Waals surface area contributed by atoms with Crippen molar-refractivity contribution in [1.82, 2.24) is 29.8 Å². The molecule has 0 aromatic rings. The Morgan fingerprint density at radius 1 is 0.425 bits per heavy atom. The molecule has 0 amide bonds. The standard InChI is InChI=1S/C12H23NO2.C12H21NO2.2C11H21NO3.C11H19NO.C10H19NO3/c2*1-5-9-7-10(8(3)14)13(4)12(9)11(15)6-2;2*1-4-8-5-9(7(2)14)12(3)11(8)10(15)6-13;1-5-9-7-11(8(3)13)12(4)10(9)6-2;1-3-7-4-8(6(2)13)11-10(7)9(14)5-12/h9-12,15H,5-7H2,1-4H3;9-10,12H,5-7H2,1-4H3;2*8-11,13,15H,4-6H2,1-3H3;6,9-11H,2,5,7H2,1,3-4H3;7-12,14H,3-5H2,1-2H3/t9-,10-,11?,12-;9-,10-,12-;2*8-,9-,10?,11-;9-,10+,11-;7-,8-,9?,10-/m111111/s1. The van der Waals surface area contributed by atoms with Gasteiger partial charge in [0.15, 0.2) is 0 Å². The lowest BCUT2D eigenvalue weighted by molar-refractivity contribution is -0.126. The van der Waals surface area contributed by atoms with Crippen molar-refractivity contribution in [1.29, 1.82) is 0 Å². The summed E-state index contributed by atoms with van der Waals surface area (Å²) in [5.74, 6) is 3.65. The lowest BCUT2D eigenvalue weighted by Crippen LogP contribution is -2.45. The summed E-state index contributed by atoms with van der Waals surface area (Å²) < 4.78 is 0. The highest BCUT2D eigenvalue weighted by molar-refractivity contribution is 5.88. The van der Waals surface area contributed by atoms with Crippen LogP contribution in [0.25, 0.3) is 0 Å². The first-order chi connectivity index (χ1) is 40.8. The fraction of sp³-hybridized carbons (Fsp3) is 0.866. The largest absolute Gasteiger partial charge is 0.394 e. The summed E-state index contributed by atoms with van der Waals surface area (Å²) in [4.78, 5) is 90.0. The first kappa shape index (κ1) is 81.9. The maximum Gasteiger partial charge on any atom is 0.149 e. The van der Waals surface area contributed by atoms with Crippen LogP contribution in [0.3, 0.4) is 0 Å². The first-order valence-electron chi connectivity index (χ1n) is 32.9. The normalized spacial score (nSPS) is 34.0. The summed E-state index contributed by atoms with van der Waals surface area (Å²) in [5, 5.41) is 68.9. The van der Waals surface area contributed by atoms with Gasteiger partial charge >= 0.3 is 0 Å². The number of rotatable bonds is 23. The van der Waals surface area contributed by atoms with E-state index in [4.69, 9.17) is 15.3 Å². The van der Waals surface area contributed by atoms with Crippen molar-refractivity contribution < 1.29 is 69.3 Å². The maximum absolute atomic E-state index is 11.8. The second-order valence-electron chi connectivity index (χ2n) is 25.9. The Balaban J connectivity index is 0.000000522. The van der Waals surface area contributed by atoms with Gasteiger partial charge in [-0.05, 0) is 157 Å². The molecule has 0 radical (unpaired) electrons. The minimum absolute atomic E-state index is 0.0150. The second kappa shape index (κ2) is 40.0. The number of Topliss-reactive ketones (excluding diaryl/α,β-unsaturated/α-hetero) is 7. The molecule has 20 heteroatoms. The van der Waals surface area contributed by atoms with E-state index in [0.29, 0.717) is 42.1 Å². The van der Waals surface area contributed by atoms with E-state index >= 15 is 0 Å². The summed E-state index contributed by atoms with van der Waals surface area (Å²) >= 11 is 0. The van der Waals surface area contributed by atoms with Gasteiger partial charge in [0.1, 0.15) is 40.5 Å². The van der Waals surface area contributed by atoms with E-state index in [2.05, 4.69) is 56.3 Å². The molecule has 4 unspecified atom stereocenters. The molecular formula is C67H124N6O14. The minimum Gasteiger partial charge on any atom is -0.394 e. The quantitative estimate of drug-likeness (QED) is 0.0644. The van der Waals surface area contributed by atoms with Crippen molar-refractivity contribution in [2.24, 2.45) is 35.5 Å². The van der Waals surface area contributed by atoms with Gasteiger partial charge in [-0.3, -0.25) is 58.1 Å². The van der Waals surface area contributed by atoms with E-state index in [1.807, 2.05) is 76.8 Å². The molecule has 0 spiro atoms. The van der Waals surface area contributed by atoms with Crippen molar-refractivity contribution in [3.05, 3.63) is 12.7 Å². The molecular weight excluding hydrogens is 1110 g/mol. The van der Waals surface area contributed by atoms with Crippen LogP contribution < -0.4 is 5.32 Å². The van der Waals surface area contributed by atoms with Gasteiger partial charge in [-0.25, -0.2) is 0 Å². The van der Waals surface area contributed by atoms with Gasteiger partial charge in [-0.1, -0.05) is 100.0 Å². The Morgan fingerprint density at radius 3 is 1.01 bits per heavy atom. The predicted octanol–water partition coefficient (Wildman–Crippen LogP) is 4.70. The molecule has 6 aliphatic heterocycles. The van der Waals surface area contributed by atoms with Gasteiger partial charge in [0.2, 0.25) is 0 Å². The summed E-state index contributed by atoms with van der Waals surface area (Å²) in [6.07, 6.45) is 11.8. The highest BCUT2D eigenvalue weighted by Gasteiger charge is 2.47. The number of likely N-dealkylation sites (tertiary alicyclic amines) is 5. The van der Waals surface area contributed by atoms with Crippen LogP contribution >= 0.6 is 0 Å². The van der Waals surface area contributed by atoms with E-state index in [1.54, 1.807) is 41.5 Å². The molecule has 22 atom stereocenters. The van der Waals surface area contributed by atoms with E-state index in [0.717, 1.165) is 83.5 Å². The van der Waals surface area contributed by atoms with Crippen LogP contribution in [0.4, 0.5) is 0 Å². The molecule has 0 bridgehead atoms. The average Bonchev–Trinajstić information content (AvgIpc) is 2.96. The number of carbonyl (C=O) groups excluding carboxylic acids is 7. The zero-order valence-electron chi connectivity index (χ0n) is 57.2. The number of nitrogens with one attached hydrogen (secondary N) is 1. The molecule has 0 aliphatic carbocycles. The first-order valence-corrected chi connectivity index (χ1v) is 32.9. The van der Waals surface area contributed by atoms with Crippen LogP contribution in [0, 0.1) is 35.5 Å². The van der Waals surface area contributed by atoms with Crippen molar-refractivity contribution in [2.45, 2.75) is 284 Å². The average molecular weight is 1240 g/mol. The molecule has 20 nitrogen and oxygen atoms in total. The van der Waals surface area contributed by atoms with Gasteiger partial charge < -0.3 is 41.1 Å². The second-order valence-corrected chi connectivity index (χ2v) is 25.9. The number of ketones is 7. The highest BCUT2D eigenvalue weighted by Crippen LogP contribution is 2.37. The molecule has 6 saturated heterocycles. The smallest absolute Gasteiger partial charge is 0.149 e. The van der Waals surface area contributed by atoms with Crippen LogP contribution in [0.15, 0.2) is 12.7 Å². The number of aliphatic hydroxyl groups is 7. The summed E-state index contributed by atoms with van der Waals surface area (Å²) in [6.45, 7) is 29.2. The zero-order chi connectivity index (χ0) is 67.1. The third-order valence-electron chi connectivity index (χ3n) is 20.7. The molecule has 0 aromatic carbocycles. The van der Waals surface area contributed by atoms with E-state index < -0.39 is 18.3 Å². The number of nitrogens with zero attached hydrogens (tertiary/aromatic N) is 5. The molecule has 6 heterocycles. The van der Waals surface area contributed by atoms with Gasteiger partial charge in [-0.2, -0.15) is 0 Å². The molecule has 0 aromatic heterocycles. The predicted molar refractivity (Wildman–Crippen MR) is 343 cm³/mol. The SMILES string of the molecule is C=C[C@H]1[C@H](CC)C[C@H](C(C)=O)N1C.CCC(=O)[C@H]1[C@H](CC)C[C@H](C(C)=O)N1C.CCC(O)[C@H]1[C@H](CC)C[C@H](C(C)=O)N1C.CC[C@@H]1C[C@H](C(C)=O)N(C)[C@H]1C(O)CO.CC[C@@H]1C[C@H](C(C)=O)N(C)[C@H]1C(O)CO.CC[C@@H]1C[C@H](C(C)=O)N[C@H]1C(O)CO. The lowest BCUT2D eigenvalue weighted by atomic mass is 9.91. The van der Waals surface area contributed by atoms with E-state index in [9.17, 15) is 54.0 Å². The third-order valence-corrected chi connectivity index (χ3v) is 20.7. The number of hydrogen-bond donors (Lipinski definition) is 8. The Labute approximate surface area is 524 Å². The molecule has 506 valence electrons. The number of aliphatic hydroxyl groups excluding tert-OH is 7. The molecule has 87 heavy (non-hydrogen) atoms.